The van der Waals surface area contributed by atoms with Gasteiger partial charge in [-0.1, -0.05) is 49.6 Å². The van der Waals surface area contributed by atoms with Crippen LogP contribution < -0.4 is 5.43 Å². The molecular weight excluding hydrogens is 438 g/mol. The lowest BCUT2D eigenvalue weighted by atomic mass is 10.1. The lowest BCUT2D eigenvalue weighted by Gasteiger charge is -2.15. The summed E-state index contributed by atoms with van der Waals surface area (Å²) in [6.07, 6.45) is 3.78. The SMILES string of the molecule is CCCCCc1nc2ccc3cc(S(=O)(=O)O)cc(O)c3c2n1Nc1ccccc1Cl. The number of nitrogens with one attached hydrogen (secondary N) is 1. The van der Waals surface area contributed by atoms with Gasteiger partial charge in [0.25, 0.3) is 10.1 Å². The highest BCUT2D eigenvalue weighted by Gasteiger charge is 2.20. The van der Waals surface area contributed by atoms with Crippen molar-refractivity contribution in [1.82, 2.24) is 9.66 Å². The van der Waals surface area contributed by atoms with Crippen molar-refractivity contribution in [3.63, 3.8) is 0 Å². The molecule has 1 aromatic heterocycles. The molecule has 0 spiro atoms. The molecule has 0 aliphatic carbocycles. The summed E-state index contributed by atoms with van der Waals surface area (Å²) in [7, 11) is -4.46. The lowest BCUT2D eigenvalue weighted by molar-refractivity contribution is 0.471. The topological polar surface area (TPSA) is 104 Å². The summed E-state index contributed by atoms with van der Waals surface area (Å²) in [6, 6.07) is 13.1. The average Bonchev–Trinajstić information content (AvgIpc) is 3.06. The van der Waals surface area contributed by atoms with Crippen molar-refractivity contribution in [2.45, 2.75) is 37.5 Å². The molecule has 7 nitrogen and oxygen atoms in total. The zero-order valence-electron chi connectivity index (χ0n) is 16.8. The smallest absolute Gasteiger partial charge is 0.294 e. The summed E-state index contributed by atoms with van der Waals surface area (Å²) in [4.78, 5) is 4.38. The third-order valence-electron chi connectivity index (χ3n) is 5.16. The number of fused-ring (bicyclic) bond motifs is 3. The summed E-state index contributed by atoms with van der Waals surface area (Å²) in [6.45, 7) is 2.13. The van der Waals surface area contributed by atoms with Crippen molar-refractivity contribution in [2.24, 2.45) is 0 Å². The molecule has 0 aliphatic heterocycles. The van der Waals surface area contributed by atoms with Crippen LogP contribution in [-0.4, -0.2) is 27.7 Å². The monoisotopic (exact) mass is 459 g/mol. The molecule has 4 aromatic rings. The van der Waals surface area contributed by atoms with Crippen LogP contribution in [0.4, 0.5) is 5.69 Å². The maximum Gasteiger partial charge on any atom is 0.294 e. The number of aryl methyl sites for hydroxylation is 1. The van der Waals surface area contributed by atoms with Crippen molar-refractivity contribution in [1.29, 1.82) is 0 Å². The third kappa shape index (κ3) is 4.19. The van der Waals surface area contributed by atoms with Crippen LogP contribution in [0.25, 0.3) is 21.8 Å². The van der Waals surface area contributed by atoms with Crippen LogP contribution in [-0.2, 0) is 16.5 Å². The fraction of sp³-hybridized carbons (Fsp3) is 0.227. The molecule has 0 bridgehead atoms. The molecule has 0 unspecified atom stereocenters. The van der Waals surface area contributed by atoms with Gasteiger partial charge in [0.2, 0.25) is 0 Å². The minimum absolute atomic E-state index is 0.266. The van der Waals surface area contributed by atoms with Gasteiger partial charge in [-0.3, -0.25) is 9.98 Å². The molecule has 0 saturated carbocycles. The molecule has 0 atom stereocenters. The lowest BCUT2D eigenvalue weighted by Crippen LogP contribution is -2.13. The number of halogens is 1. The quantitative estimate of drug-likeness (QED) is 0.252. The first-order chi connectivity index (χ1) is 14.8. The highest BCUT2D eigenvalue weighted by molar-refractivity contribution is 7.85. The van der Waals surface area contributed by atoms with Crippen LogP contribution in [0, 0.1) is 0 Å². The number of para-hydroxylation sites is 1. The molecule has 4 rings (SSSR count). The fourth-order valence-corrected chi connectivity index (χ4v) is 4.38. The van der Waals surface area contributed by atoms with E-state index in [0.717, 1.165) is 31.2 Å². The molecule has 0 fully saturated rings. The molecule has 0 amide bonds. The summed E-state index contributed by atoms with van der Waals surface area (Å²) in [5.41, 5.74) is 5.22. The number of aromatic hydroxyl groups is 1. The molecule has 3 N–H and O–H groups in total. The number of imidazole rings is 1. The number of aromatic nitrogens is 2. The first-order valence-corrected chi connectivity index (χ1v) is 11.8. The zero-order chi connectivity index (χ0) is 22.2. The first kappa shape index (κ1) is 21.4. The van der Waals surface area contributed by atoms with Gasteiger partial charge >= 0.3 is 0 Å². The molecule has 0 aliphatic rings. The molecule has 31 heavy (non-hydrogen) atoms. The summed E-state index contributed by atoms with van der Waals surface area (Å²) in [5, 5.41) is 12.1. The molecule has 0 saturated heterocycles. The van der Waals surface area contributed by atoms with Gasteiger partial charge in [-0.05, 0) is 36.1 Å². The number of phenols is 1. The zero-order valence-corrected chi connectivity index (χ0v) is 18.4. The number of rotatable bonds is 7. The van der Waals surface area contributed by atoms with Crippen LogP contribution in [0.2, 0.25) is 5.02 Å². The van der Waals surface area contributed by atoms with Gasteiger partial charge < -0.3 is 5.11 Å². The van der Waals surface area contributed by atoms with E-state index in [1.54, 1.807) is 22.9 Å². The number of hydrogen-bond donors (Lipinski definition) is 3. The highest BCUT2D eigenvalue weighted by Crippen LogP contribution is 2.36. The summed E-state index contributed by atoms with van der Waals surface area (Å²) < 4.78 is 34.4. The largest absolute Gasteiger partial charge is 0.507 e. The Morgan fingerprint density at radius 2 is 1.90 bits per heavy atom. The molecule has 0 radical (unpaired) electrons. The maximum absolute atomic E-state index is 11.6. The molecule has 3 aromatic carbocycles. The fourth-order valence-electron chi connectivity index (χ4n) is 3.66. The summed E-state index contributed by atoms with van der Waals surface area (Å²) >= 11 is 6.35. The Morgan fingerprint density at radius 3 is 2.61 bits per heavy atom. The van der Waals surface area contributed by atoms with E-state index in [4.69, 9.17) is 16.6 Å². The van der Waals surface area contributed by atoms with E-state index in [1.807, 2.05) is 18.2 Å². The second-order valence-electron chi connectivity index (χ2n) is 7.36. The predicted molar refractivity (Wildman–Crippen MR) is 122 cm³/mol. The van der Waals surface area contributed by atoms with Crippen LogP contribution in [0.3, 0.4) is 0 Å². The van der Waals surface area contributed by atoms with Gasteiger partial charge in [-0.25, -0.2) is 9.66 Å². The number of phenolic OH excluding ortho intramolecular Hbond substituents is 1. The second kappa shape index (κ2) is 8.37. The van der Waals surface area contributed by atoms with Gasteiger partial charge in [0.15, 0.2) is 0 Å². The molecule has 162 valence electrons. The average molecular weight is 460 g/mol. The predicted octanol–water partition coefficient (Wildman–Crippen LogP) is 5.40. The molecular formula is C22H22ClN3O4S. The Morgan fingerprint density at radius 1 is 1.13 bits per heavy atom. The van der Waals surface area contributed by atoms with Gasteiger partial charge in [0.1, 0.15) is 17.1 Å². The molecule has 1 heterocycles. The Kier molecular flexibility index (Phi) is 5.79. The number of hydrogen-bond acceptors (Lipinski definition) is 5. The van der Waals surface area contributed by atoms with Crippen LogP contribution >= 0.6 is 11.6 Å². The highest BCUT2D eigenvalue weighted by atomic mass is 35.5. The van der Waals surface area contributed by atoms with Crippen LogP contribution in [0.1, 0.15) is 32.0 Å². The van der Waals surface area contributed by atoms with Crippen LogP contribution in [0.15, 0.2) is 53.4 Å². The van der Waals surface area contributed by atoms with Crippen molar-refractivity contribution in [3.05, 3.63) is 59.4 Å². The van der Waals surface area contributed by atoms with E-state index in [0.29, 0.717) is 38.9 Å². The standard InChI is InChI=1S/C22H22ClN3O4S/c1-2-3-4-9-20-24-18-11-10-14-12-15(31(28,29)30)13-19(27)21(14)22(18)26(20)25-17-8-6-5-7-16(17)23/h5-8,10-13,25,27H,2-4,9H2,1H3,(H,28,29,30). The second-order valence-corrected chi connectivity index (χ2v) is 9.19. The Labute approximate surface area is 185 Å². The Balaban J connectivity index is 1.98. The number of unbranched alkanes of at least 4 members (excludes halogenated alkanes) is 2. The van der Waals surface area contributed by atoms with E-state index in [1.165, 1.54) is 6.07 Å². The van der Waals surface area contributed by atoms with Crippen molar-refractivity contribution >= 4 is 49.2 Å². The Hall–Kier alpha value is -2.81. The Bertz CT molecular complexity index is 1380. The van der Waals surface area contributed by atoms with Gasteiger partial charge in [0, 0.05) is 12.5 Å². The van der Waals surface area contributed by atoms with E-state index in [9.17, 15) is 18.1 Å². The normalized spacial score (nSPS) is 12.0. The van der Waals surface area contributed by atoms with Crippen molar-refractivity contribution in [2.75, 3.05) is 5.43 Å². The number of benzene rings is 3. The number of anilines is 1. The van der Waals surface area contributed by atoms with E-state index >= 15 is 0 Å². The van der Waals surface area contributed by atoms with E-state index in [-0.39, 0.29) is 10.6 Å². The van der Waals surface area contributed by atoms with Gasteiger partial charge in [0.05, 0.1) is 26.5 Å². The number of nitrogens with zero attached hydrogens (tertiary/aromatic N) is 2. The van der Waals surface area contributed by atoms with Gasteiger partial charge in [-0.15, -0.1) is 0 Å². The first-order valence-electron chi connectivity index (χ1n) is 9.95. The minimum Gasteiger partial charge on any atom is -0.507 e. The van der Waals surface area contributed by atoms with Crippen molar-refractivity contribution in [3.8, 4) is 5.75 Å². The maximum atomic E-state index is 11.6. The summed E-state index contributed by atoms with van der Waals surface area (Å²) in [5.74, 6) is 0.507. The van der Waals surface area contributed by atoms with E-state index in [2.05, 4.69) is 12.3 Å². The van der Waals surface area contributed by atoms with Gasteiger partial charge in [-0.2, -0.15) is 8.42 Å². The third-order valence-corrected chi connectivity index (χ3v) is 6.32. The van der Waals surface area contributed by atoms with Crippen molar-refractivity contribution < 1.29 is 18.1 Å². The molecule has 9 heteroatoms. The minimum atomic E-state index is -4.46. The van der Waals surface area contributed by atoms with Crippen LogP contribution in [0.5, 0.6) is 5.75 Å². The van der Waals surface area contributed by atoms with E-state index < -0.39 is 10.1 Å².